The molecule has 0 bridgehead atoms. The summed E-state index contributed by atoms with van der Waals surface area (Å²) in [6.07, 6.45) is 63.7. The Morgan fingerprint density at radius 3 is 0.687 bits per heavy atom. The van der Waals surface area contributed by atoms with Crippen molar-refractivity contribution in [3.8, 4) is 0 Å². The van der Waals surface area contributed by atoms with Crippen molar-refractivity contribution in [1.82, 2.24) is 0 Å². The molecule has 0 aromatic rings. The van der Waals surface area contributed by atoms with Crippen LogP contribution in [0.3, 0.4) is 0 Å². The number of hydrogen-bond donors (Lipinski definition) is 3. The lowest BCUT2D eigenvalue weighted by molar-refractivity contribution is -0.161. The molecule has 588 valence electrons. The van der Waals surface area contributed by atoms with E-state index in [-0.39, 0.29) is 25.7 Å². The van der Waals surface area contributed by atoms with Crippen molar-refractivity contribution < 1.29 is 80.2 Å². The molecule has 3 N–H and O–H groups in total. The summed E-state index contributed by atoms with van der Waals surface area (Å²) in [6, 6.07) is 0. The van der Waals surface area contributed by atoms with E-state index in [1.807, 2.05) is 0 Å². The standard InChI is InChI=1S/C80H156O17P2/c1-6-9-12-15-18-21-24-26-28-29-31-35-39-44-49-54-59-64-78(83)91-70-76(97-80(85)66-61-56-51-46-41-37-33-32-34-38-42-47-52-57-62-73(4)5)72-95-99(88,89)93-68-74(81)67-92-98(86,87)94-71-75(69-90-77(82)63-58-53-48-43-23-20-17-14-11-8-3)96-79(84)65-60-55-50-45-40-36-30-27-25-22-19-16-13-10-7-2/h73-76,81H,6-72H2,1-5H3,(H,86,87)(H,88,89)/t74-,75+,76+/m0/s1. The second-order valence-corrected chi connectivity index (χ2v) is 32.2. The third kappa shape index (κ3) is 74.1. The van der Waals surface area contributed by atoms with Crippen LogP contribution in [0.25, 0.3) is 0 Å². The lowest BCUT2D eigenvalue weighted by Gasteiger charge is -2.21. The number of esters is 4. The molecule has 99 heavy (non-hydrogen) atoms. The van der Waals surface area contributed by atoms with Gasteiger partial charge in [-0.3, -0.25) is 37.3 Å². The smallest absolute Gasteiger partial charge is 0.462 e. The zero-order valence-corrected chi connectivity index (χ0v) is 66.4. The Labute approximate surface area is 607 Å². The molecule has 19 heteroatoms. The summed E-state index contributed by atoms with van der Waals surface area (Å²) in [4.78, 5) is 73.0. The second-order valence-electron chi connectivity index (χ2n) is 29.3. The van der Waals surface area contributed by atoms with E-state index in [9.17, 15) is 43.2 Å². The molecule has 0 amide bonds. The molecule has 0 fully saturated rings. The van der Waals surface area contributed by atoms with Gasteiger partial charge in [-0.15, -0.1) is 0 Å². The summed E-state index contributed by atoms with van der Waals surface area (Å²) >= 11 is 0. The normalized spacial score (nSPS) is 13.9. The zero-order valence-electron chi connectivity index (χ0n) is 64.6. The summed E-state index contributed by atoms with van der Waals surface area (Å²) < 4.78 is 68.7. The fourth-order valence-electron chi connectivity index (χ4n) is 12.4. The van der Waals surface area contributed by atoms with Gasteiger partial charge in [0, 0.05) is 25.7 Å². The first-order valence-corrected chi connectivity index (χ1v) is 44.6. The molecule has 0 aliphatic carbocycles. The van der Waals surface area contributed by atoms with Crippen molar-refractivity contribution in [1.29, 1.82) is 0 Å². The monoisotopic (exact) mass is 1450 g/mol. The van der Waals surface area contributed by atoms with E-state index in [4.69, 9.17) is 37.0 Å². The van der Waals surface area contributed by atoms with Crippen LogP contribution in [0.2, 0.25) is 0 Å². The predicted octanol–water partition coefficient (Wildman–Crippen LogP) is 24.0. The lowest BCUT2D eigenvalue weighted by atomic mass is 10.0. The fourth-order valence-corrected chi connectivity index (χ4v) is 14.0. The molecular weight excluding hydrogens is 1290 g/mol. The van der Waals surface area contributed by atoms with Crippen LogP contribution in [0.1, 0.15) is 426 Å². The summed E-state index contributed by atoms with van der Waals surface area (Å²) in [5.41, 5.74) is 0. The van der Waals surface area contributed by atoms with Crippen LogP contribution in [-0.2, 0) is 65.4 Å². The fraction of sp³-hybridized carbons (Fsp3) is 0.950. The van der Waals surface area contributed by atoms with Crippen LogP contribution in [0.15, 0.2) is 0 Å². The highest BCUT2D eigenvalue weighted by atomic mass is 31.2. The van der Waals surface area contributed by atoms with Crippen molar-refractivity contribution >= 4 is 39.5 Å². The zero-order chi connectivity index (χ0) is 72.7. The summed E-state index contributed by atoms with van der Waals surface area (Å²) in [7, 11) is -9.92. The molecular formula is C80H156O17P2. The van der Waals surface area contributed by atoms with Crippen LogP contribution >= 0.6 is 15.6 Å². The molecule has 0 saturated heterocycles. The Kier molecular flexibility index (Phi) is 71.6. The molecule has 0 radical (unpaired) electrons. The molecule has 0 spiro atoms. The molecule has 0 aliphatic rings. The van der Waals surface area contributed by atoms with Gasteiger partial charge in [-0.05, 0) is 31.6 Å². The number of ether oxygens (including phenoxy) is 4. The average Bonchev–Trinajstić information content (AvgIpc) is 1.03. The quantitative estimate of drug-likeness (QED) is 0.0222. The Morgan fingerprint density at radius 2 is 0.465 bits per heavy atom. The van der Waals surface area contributed by atoms with E-state index in [2.05, 4.69) is 34.6 Å². The van der Waals surface area contributed by atoms with Gasteiger partial charge in [-0.25, -0.2) is 9.13 Å². The van der Waals surface area contributed by atoms with Crippen molar-refractivity contribution in [2.24, 2.45) is 5.92 Å². The Bertz CT molecular complexity index is 1890. The first-order valence-electron chi connectivity index (χ1n) is 41.6. The number of phosphoric ester groups is 2. The molecule has 0 aromatic carbocycles. The van der Waals surface area contributed by atoms with Crippen LogP contribution in [0.5, 0.6) is 0 Å². The predicted molar refractivity (Wildman–Crippen MR) is 405 cm³/mol. The largest absolute Gasteiger partial charge is 0.472 e. The number of carbonyl (C=O) groups excluding carboxylic acids is 4. The molecule has 0 saturated carbocycles. The van der Waals surface area contributed by atoms with E-state index in [0.29, 0.717) is 25.7 Å². The van der Waals surface area contributed by atoms with Crippen molar-refractivity contribution in [2.75, 3.05) is 39.6 Å². The molecule has 5 atom stereocenters. The second kappa shape index (κ2) is 73.0. The number of aliphatic hydroxyl groups excluding tert-OH is 1. The third-order valence-corrected chi connectivity index (χ3v) is 20.7. The van der Waals surface area contributed by atoms with Gasteiger partial charge in [0.25, 0.3) is 0 Å². The number of aliphatic hydroxyl groups is 1. The van der Waals surface area contributed by atoms with Gasteiger partial charge in [0.05, 0.1) is 26.4 Å². The minimum Gasteiger partial charge on any atom is -0.462 e. The topological polar surface area (TPSA) is 237 Å². The first-order chi connectivity index (χ1) is 48.0. The van der Waals surface area contributed by atoms with Crippen LogP contribution in [0, 0.1) is 5.92 Å². The van der Waals surface area contributed by atoms with Crippen molar-refractivity contribution in [2.45, 2.75) is 445 Å². The maximum Gasteiger partial charge on any atom is 0.472 e. The average molecular weight is 1450 g/mol. The Balaban J connectivity index is 5.24. The highest BCUT2D eigenvalue weighted by Crippen LogP contribution is 2.45. The summed E-state index contributed by atoms with van der Waals surface area (Å²) in [6.45, 7) is 7.35. The van der Waals surface area contributed by atoms with Gasteiger partial charge < -0.3 is 33.8 Å². The number of unbranched alkanes of at least 4 members (excludes halogenated alkanes) is 52. The van der Waals surface area contributed by atoms with Gasteiger partial charge in [0.1, 0.15) is 19.3 Å². The highest BCUT2D eigenvalue weighted by Gasteiger charge is 2.30. The van der Waals surface area contributed by atoms with Gasteiger partial charge in [-0.2, -0.15) is 0 Å². The number of phosphoric acid groups is 2. The maximum absolute atomic E-state index is 13.1. The van der Waals surface area contributed by atoms with Crippen LogP contribution in [-0.4, -0.2) is 96.7 Å². The molecule has 2 unspecified atom stereocenters. The maximum atomic E-state index is 13.1. The minimum atomic E-state index is -4.96. The van der Waals surface area contributed by atoms with Crippen LogP contribution < -0.4 is 0 Å². The van der Waals surface area contributed by atoms with Gasteiger partial charge in [-0.1, -0.05) is 375 Å². The van der Waals surface area contributed by atoms with Gasteiger partial charge >= 0.3 is 39.5 Å². The third-order valence-electron chi connectivity index (χ3n) is 18.8. The first kappa shape index (κ1) is 97.1. The molecule has 17 nitrogen and oxygen atoms in total. The number of hydrogen-bond acceptors (Lipinski definition) is 15. The summed E-state index contributed by atoms with van der Waals surface area (Å²) in [5.74, 6) is -1.31. The van der Waals surface area contributed by atoms with E-state index < -0.39 is 97.5 Å². The Hall–Kier alpha value is -1.94. The van der Waals surface area contributed by atoms with E-state index in [0.717, 1.165) is 95.8 Å². The van der Waals surface area contributed by atoms with Crippen LogP contribution in [0.4, 0.5) is 0 Å². The number of carbonyl (C=O) groups is 4. The highest BCUT2D eigenvalue weighted by molar-refractivity contribution is 7.47. The lowest BCUT2D eigenvalue weighted by Crippen LogP contribution is -2.30. The molecule has 0 aromatic heterocycles. The summed E-state index contributed by atoms with van der Waals surface area (Å²) in [5, 5.41) is 10.6. The van der Waals surface area contributed by atoms with Gasteiger partial charge in [0.2, 0.25) is 0 Å². The minimum absolute atomic E-state index is 0.109. The SMILES string of the molecule is CCCCCCCCCCCCCCCCCCCC(=O)OC[C@H](COP(=O)(O)OC[C@@H](O)COP(=O)(O)OC[C@@H](COC(=O)CCCCCCCCCCCC)OC(=O)CCCCCCCCCCCCCCCCC)OC(=O)CCCCCCCCCCCCCCCCC(C)C. The van der Waals surface area contributed by atoms with E-state index in [1.165, 1.54) is 250 Å². The number of rotatable bonds is 80. The Morgan fingerprint density at radius 1 is 0.273 bits per heavy atom. The van der Waals surface area contributed by atoms with Crippen molar-refractivity contribution in [3.05, 3.63) is 0 Å². The molecule has 0 heterocycles. The van der Waals surface area contributed by atoms with Crippen molar-refractivity contribution in [3.63, 3.8) is 0 Å². The van der Waals surface area contributed by atoms with Gasteiger partial charge in [0.15, 0.2) is 12.2 Å². The molecule has 0 aliphatic heterocycles. The van der Waals surface area contributed by atoms with E-state index >= 15 is 0 Å². The molecule has 0 rings (SSSR count). The van der Waals surface area contributed by atoms with E-state index in [1.54, 1.807) is 0 Å².